The number of aromatic nitrogens is 2. The molecule has 0 bridgehead atoms. The first-order valence-corrected chi connectivity index (χ1v) is 8.16. The van der Waals surface area contributed by atoms with Crippen LogP contribution in [0.4, 0.5) is 14.5 Å². The van der Waals surface area contributed by atoms with Crippen molar-refractivity contribution in [3.05, 3.63) is 88.5 Å². The van der Waals surface area contributed by atoms with Gasteiger partial charge in [0, 0.05) is 23.3 Å². The van der Waals surface area contributed by atoms with Gasteiger partial charge in [0.2, 0.25) is 11.8 Å². The monoisotopic (exact) mass is 379 g/mol. The Bertz CT molecular complexity index is 1170. The van der Waals surface area contributed by atoms with Gasteiger partial charge in [-0.3, -0.25) is 10.1 Å². The van der Waals surface area contributed by atoms with E-state index >= 15 is 0 Å². The fourth-order valence-corrected chi connectivity index (χ4v) is 2.79. The van der Waals surface area contributed by atoms with Crippen molar-refractivity contribution in [1.82, 2.24) is 10.2 Å². The summed E-state index contributed by atoms with van der Waals surface area (Å²) in [6.45, 7) is 0. The Hall–Kier alpha value is -3.94. The smallest absolute Gasteiger partial charge is 0.270 e. The first-order chi connectivity index (χ1) is 13.5. The van der Waals surface area contributed by atoms with Gasteiger partial charge in [0.1, 0.15) is 11.6 Å². The normalized spacial score (nSPS) is 10.8. The number of non-ortho nitro benzene ring substituents is 1. The molecule has 0 aliphatic rings. The maximum absolute atomic E-state index is 14.1. The van der Waals surface area contributed by atoms with Gasteiger partial charge in [0.05, 0.1) is 10.5 Å². The van der Waals surface area contributed by atoms with Gasteiger partial charge in [0.25, 0.3) is 5.69 Å². The Morgan fingerprint density at radius 3 is 1.96 bits per heavy atom. The lowest BCUT2D eigenvalue weighted by atomic mass is 10.0. The average Bonchev–Trinajstić information content (AvgIpc) is 3.18. The third-order valence-corrected chi connectivity index (χ3v) is 4.09. The van der Waals surface area contributed by atoms with Gasteiger partial charge in [-0.1, -0.05) is 24.3 Å². The van der Waals surface area contributed by atoms with E-state index in [9.17, 15) is 18.9 Å². The highest BCUT2D eigenvalue weighted by Gasteiger charge is 2.16. The predicted molar refractivity (Wildman–Crippen MR) is 97.2 cm³/mol. The van der Waals surface area contributed by atoms with Gasteiger partial charge >= 0.3 is 0 Å². The lowest BCUT2D eigenvalue weighted by molar-refractivity contribution is -0.384. The first kappa shape index (κ1) is 17.5. The largest absolute Gasteiger partial charge is 0.416 e. The lowest BCUT2D eigenvalue weighted by Crippen LogP contribution is -1.90. The minimum Gasteiger partial charge on any atom is -0.416 e. The summed E-state index contributed by atoms with van der Waals surface area (Å²) in [5.74, 6) is -1.14. The number of halogens is 2. The van der Waals surface area contributed by atoms with Crippen molar-refractivity contribution in [2.24, 2.45) is 0 Å². The van der Waals surface area contributed by atoms with E-state index in [-0.39, 0.29) is 23.0 Å². The maximum atomic E-state index is 14.1. The van der Waals surface area contributed by atoms with Gasteiger partial charge < -0.3 is 4.42 Å². The molecule has 0 radical (unpaired) electrons. The summed E-state index contributed by atoms with van der Waals surface area (Å²) in [6, 6.07) is 15.8. The van der Waals surface area contributed by atoms with Gasteiger partial charge in [-0.05, 0) is 35.9 Å². The Morgan fingerprint density at radius 2 is 1.32 bits per heavy atom. The van der Waals surface area contributed by atoms with Crippen molar-refractivity contribution in [3.63, 3.8) is 0 Å². The molecular formula is C20H11F2N3O3. The molecule has 0 N–H and O–H groups in total. The standard InChI is InChI=1S/C20H11F2N3O3/c21-16-8-3-9-17(22)18(16)12-4-1-5-13(10-12)19-23-24-20(28-19)14-6-2-7-15(11-14)25(26)27/h1-11H. The fraction of sp³-hybridized carbons (Fsp3) is 0. The molecule has 4 rings (SSSR count). The Labute approximate surface area is 157 Å². The van der Waals surface area contributed by atoms with Gasteiger partial charge in [-0.25, -0.2) is 8.78 Å². The number of nitrogens with zero attached hydrogens (tertiary/aromatic N) is 3. The van der Waals surface area contributed by atoms with Crippen LogP contribution in [0.1, 0.15) is 0 Å². The van der Waals surface area contributed by atoms with Crippen LogP contribution in [0.5, 0.6) is 0 Å². The summed E-state index contributed by atoms with van der Waals surface area (Å²) in [6.07, 6.45) is 0. The summed E-state index contributed by atoms with van der Waals surface area (Å²) in [5.41, 5.74) is 0.925. The van der Waals surface area contributed by atoms with Crippen molar-refractivity contribution >= 4 is 5.69 Å². The molecule has 28 heavy (non-hydrogen) atoms. The van der Waals surface area contributed by atoms with E-state index in [4.69, 9.17) is 4.42 Å². The van der Waals surface area contributed by atoms with Crippen LogP contribution >= 0.6 is 0 Å². The zero-order valence-corrected chi connectivity index (χ0v) is 14.2. The summed E-state index contributed by atoms with van der Waals surface area (Å²) in [7, 11) is 0. The van der Waals surface area contributed by atoms with Crippen molar-refractivity contribution in [3.8, 4) is 34.0 Å². The second kappa shape index (κ2) is 6.99. The molecule has 0 saturated heterocycles. The predicted octanol–water partition coefficient (Wildman–Crippen LogP) is 5.26. The summed E-state index contributed by atoms with van der Waals surface area (Å²) in [5, 5.41) is 18.8. The van der Waals surface area contributed by atoms with E-state index < -0.39 is 16.6 Å². The molecular weight excluding hydrogens is 368 g/mol. The highest BCUT2D eigenvalue weighted by molar-refractivity contribution is 5.71. The summed E-state index contributed by atoms with van der Waals surface area (Å²) in [4.78, 5) is 10.4. The summed E-state index contributed by atoms with van der Waals surface area (Å²) < 4.78 is 33.7. The summed E-state index contributed by atoms with van der Waals surface area (Å²) >= 11 is 0. The number of rotatable bonds is 4. The molecule has 1 heterocycles. The topological polar surface area (TPSA) is 82.1 Å². The molecule has 4 aromatic rings. The molecule has 0 spiro atoms. The highest BCUT2D eigenvalue weighted by Crippen LogP contribution is 2.31. The van der Waals surface area contributed by atoms with Crippen LogP contribution in [0.2, 0.25) is 0 Å². The van der Waals surface area contributed by atoms with Crippen molar-refractivity contribution in [2.45, 2.75) is 0 Å². The molecule has 0 aliphatic carbocycles. The minimum atomic E-state index is -0.681. The van der Waals surface area contributed by atoms with Crippen LogP contribution in [0.25, 0.3) is 34.0 Å². The zero-order valence-electron chi connectivity index (χ0n) is 14.2. The molecule has 0 aliphatic heterocycles. The van der Waals surface area contributed by atoms with E-state index in [2.05, 4.69) is 10.2 Å². The van der Waals surface area contributed by atoms with Gasteiger partial charge in [0.15, 0.2) is 0 Å². The molecule has 0 atom stereocenters. The molecule has 3 aromatic carbocycles. The SMILES string of the molecule is O=[N+]([O-])c1cccc(-c2nnc(-c3cccc(-c4c(F)cccc4F)c3)o2)c1. The third kappa shape index (κ3) is 3.23. The quantitative estimate of drug-likeness (QED) is 0.357. The van der Waals surface area contributed by atoms with E-state index in [1.54, 1.807) is 24.3 Å². The van der Waals surface area contributed by atoms with E-state index in [1.807, 2.05) is 0 Å². The second-order valence-electron chi connectivity index (χ2n) is 5.90. The Morgan fingerprint density at radius 1 is 0.786 bits per heavy atom. The molecule has 138 valence electrons. The average molecular weight is 379 g/mol. The van der Waals surface area contributed by atoms with Crippen LogP contribution in [-0.2, 0) is 0 Å². The number of nitro groups is 1. The first-order valence-electron chi connectivity index (χ1n) is 8.16. The van der Waals surface area contributed by atoms with E-state index in [0.717, 1.165) is 0 Å². The van der Waals surface area contributed by atoms with E-state index in [0.29, 0.717) is 16.7 Å². The number of hydrogen-bond donors (Lipinski definition) is 0. The van der Waals surface area contributed by atoms with Crippen LogP contribution in [0.15, 0.2) is 71.1 Å². The van der Waals surface area contributed by atoms with Crippen molar-refractivity contribution in [1.29, 1.82) is 0 Å². The Balaban J connectivity index is 1.72. The third-order valence-electron chi connectivity index (χ3n) is 4.09. The minimum absolute atomic E-state index is 0.0983. The number of benzene rings is 3. The van der Waals surface area contributed by atoms with Gasteiger partial charge in [-0.15, -0.1) is 10.2 Å². The zero-order chi connectivity index (χ0) is 19.7. The molecule has 0 amide bonds. The van der Waals surface area contributed by atoms with Crippen LogP contribution < -0.4 is 0 Å². The Kier molecular flexibility index (Phi) is 4.36. The second-order valence-corrected chi connectivity index (χ2v) is 5.90. The molecule has 1 aromatic heterocycles. The highest BCUT2D eigenvalue weighted by atomic mass is 19.1. The van der Waals surface area contributed by atoms with Crippen molar-refractivity contribution < 1.29 is 18.1 Å². The molecule has 0 saturated carbocycles. The van der Waals surface area contributed by atoms with Gasteiger partial charge in [-0.2, -0.15) is 0 Å². The number of hydrogen-bond acceptors (Lipinski definition) is 5. The van der Waals surface area contributed by atoms with Crippen LogP contribution in [-0.4, -0.2) is 15.1 Å². The number of nitro benzene ring substituents is 1. The molecule has 0 fully saturated rings. The fourth-order valence-electron chi connectivity index (χ4n) is 2.79. The van der Waals surface area contributed by atoms with Crippen LogP contribution in [0.3, 0.4) is 0 Å². The molecule has 0 unspecified atom stereocenters. The van der Waals surface area contributed by atoms with E-state index in [1.165, 1.54) is 42.5 Å². The maximum Gasteiger partial charge on any atom is 0.270 e. The van der Waals surface area contributed by atoms with Crippen molar-refractivity contribution in [2.75, 3.05) is 0 Å². The van der Waals surface area contributed by atoms with Crippen LogP contribution in [0, 0.1) is 21.7 Å². The molecule has 8 heteroatoms. The lowest BCUT2D eigenvalue weighted by Gasteiger charge is -2.06. The molecule has 6 nitrogen and oxygen atoms in total.